The molecular formula is C18H18Cl2N2O5S. The van der Waals surface area contributed by atoms with Crippen molar-refractivity contribution in [3.05, 3.63) is 46.4 Å². The Morgan fingerprint density at radius 1 is 1.11 bits per heavy atom. The summed E-state index contributed by atoms with van der Waals surface area (Å²) in [5.74, 6) is 0.392. The van der Waals surface area contributed by atoms with Gasteiger partial charge in [0.25, 0.3) is 0 Å². The summed E-state index contributed by atoms with van der Waals surface area (Å²) >= 11 is 11.9. The molecule has 0 radical (unpaired) electrons. The van der Waals surface area contributed by atoms with Gasteiger partial charge in [0.1, 0.15) is 19.3 Å². The van der Waals surface area contributed by atoms with Crippen molar-refractivity contribution in [2.75, 3.05) is 29.1 Å². The Morgan fingerprint density at radius 2 is 1.79 bits per heavy atom. The van der Waals surface area contributed by atoms with Gasteiger partial charge in [-0.2, -0.15) is 0 Å². The first kappa shape index (κ1) is 20.6. The third kappa shape index (κ3) is 4.45. The molecule has 150 valence electrons. The van der Waals surface area contributed by atoms with Crippen molar-refractivity contribution in [3.63, 3.8) is 0 Å². The van der Waals surface area contributed by atoms with Crippen LogP contribution in [0.5, 0.6) is 11.5 Å². The second-order valence-electron chi connectivity index (χ2n) is 6.18. The number of fused-ring (bicyclic) bond motifs is 1. The molecule has 10 heteroatoms. The number of ether oxygens (including phenoxy) is 2. The molecule has 2 aromatic carbocycles. The molecule has 3 rings (SSSR count). The summed E-state index contributed by atoms with van der Waals surface area (Å²) in [6.45, 7) is 2.26. The molecular weight excluding hydrogens is 427 g/mol. The van der Waals surface area contributed by atoms with E-state index in [0.717, 1.165) is 10.6 Å². The Morgan fingerprint density at radius 3 is 2.43 bits per heavy atom. The normalized spacial score (nSPS) is 14.3. The Labute approximate surface area is 173 Å². The van der Waals surface area contributed by atoms with Crippen LogP contribution in [0.1, 0.15) is 6.92 Å². The average molecular weight is 445 g/mol. The van der Waals surface area contributed by atoms with Crippen molar-refractivity contribution in [2.45, 2.75) is 13.0 Å². The van der Waals surface area contributed by atoms with Gasteiger partial charge in [-0.15, -0.1) is 0 Å². The number of hydrogen-bond donors (Lipinski definition) is 1. The monoisotopic (exact) mass is 444 g/mol. The first-order chi connectivity index (χ1) is 13.2. The third-order valence-corrected chi connectivity index (χ3v) is 5.85. The molecule has 0 saturated carbocycles. The van der Waals surface area contributed by atoms with E-state index < -0.39 is 22.0 Å². The third-order valence-electron chi connectivity index (χ3n) is 4.06. The second kappa shape index (κ2) is 8.06. The Hall–Kier alpha value is -2.16. The van der Waals surface area contributed by atoms with E-state index in [1.807, 2.05) is 0 Å². The molecule has 1 atom stereocenters. The van der Waals surface area contributed by atoms with Crippen molar-refractivity contribution in [1.82, 2.24) is 0 Å². The van der Waals surface area contributed by atoms with E-state index in [0.29, 0.717) is 35.4 Å². The number of benzene rings is 2. The van der Waals surface area contributed by atoms with E-state index in [4.69, 9.17) is 32.7 Å². The van der Waals surface area contributed by atoms with E-state index in [1.165, 1.54) is 19.1 Å². The van der Waals surface area contributed by atoms with Crippen LogP contribution in [0.25, 0.3) is 0 Å². The largest absolute Gasteiger partial charge is 0.486 e. The Balaban J connectivity index is 1.90. The minimum Gasteiger partial charge on any atom is -0.486 e. The summed E-state index contributed by atoms with van der Waals surface area (Å²) < 4.78 is 36.9. The number of halogens is 2. The molecule has 7 nitrogen and oxygen atoms in total. The molecule has 0 bridgehead atoms. The number of anilines is 2. The summed E-state index contributed by atoms with van der Waals surface area (Å²) in [7, 11) is -3.78. The zero-order valence-electron chi connectivity index (χ0n) is 15.1. The van der Waals surface area contributed by atoms with Crippen molar-refractivity contribution in [3.8, 4) is 11.5 Å². The fraction of sp³-hybridized carbons (Fsp3) is 0.278. The van der Waals surface area contributed by atoms with Gasteiger partial charge in [0.05, 0.1) is 22.7 Å². The van der Waals surface area contributed by atoms with Gasteiger partial charge in [-0.05, 0) is 37.3 Å². The van der Waals surface area contributed by atoms with Crippen LogP contribution in [0.3, 0.4) is 0 Å². The number of nitrogens with one attached hydrogen (secondary N) is 1. The van der Waals surface area contributed by atoms with Crippen molar-refractivity contribution < 1.29 is 22.7 Å². The number of carbonyl (C=O) groups is 1. The van der Waals surface area contributed by atoms with Crippen molar-refractivity contribution >= 4 is 50.5 Å². The highest BCUT2D eigenvalue weighted by Crippen LogP contribution is 2.35. The van der Waals surface area contributed by atoms with Crippen LogP contribution in [0.2, 0.25) is 10.0 Å². The number of nitrogens with zero attached hydrogens (tertiary/aromatic N) is 1. The van der Waals surface area contributed by atoms with Gasteiger partial charge in [0, 0.05) is 11.1 Å². The van der Waals surface area contributed by atoms with Crippen LogP contribution < -0.4 is 19.1 Å². The second-order valence-corrected chi connectivity index (χ2v) is 8.88. The van der Waals surface area contributed by atoms with Crippen LogP contribution in [0.15, 0.2) is 36.4 Å². The van der Waals surface area contributed by atoms with Crippen molar-refractivity contribution in [1.29, 1.82) is 0 Å². The standard InChI is InChI=1S/C18H18Cl2N2O5S/c1-11(18(23)21-15-5-3-12(19)9-14(15)20)22(28(2,24)25)13-4-6-16-17(10-13)27-8-7-26-16/h3-6,9-11H,7-8H2,1-2H3,(H,21,23)/t11-/m1/s1. The van der Waals surface area contributed by atoms with Gasteiger partial charge < -0.3 is 14.8 Å². The lowest BCUT2D eigenvalue weighted by atomic mass is 10.2. The first-order valence-corrected chi connectivity index (χ1v) is 10.9. The molecule has 0 spiro atoms. The first-order valence-electron chi connectivity index (χ1n) is 8.32. The van der Waals surface area contributed by atoms with E-state index in [2.05, 4.69) is 5.32 Å². The van der Waals surface area contributed by atoms with Crippen LogP contribution in [-0.4, -0.2) is 39.8 Å². The molecule has 0 unspecified atom stereocenters. The average Bonchev–Trinajstić information content (AvgIpc) is 2.62. The zero-order chi connectivity index (χ0) is 20.5. The smallest absolute Gasteiger partial charge is 0.248 e. The van der Waals surface area contributed by atoms with Gasteiger partial charge in [-0.25, -0.2) is 8.42 Å². The van der Waals surface area contributed by atoms with Crippen LogP contribution in [-0.2, 0) is 14.8 Å². The fourth-order valence-corrected chi connectivity index (χ4v) is 4.43. The highest BCUT2D eigenvalue weighted by Gasteiger charge is 2.30. The van der Waals surface area contributed by atoms with Crippen LogP contribution >= 0.6 is 23.2 Å². The zero-order valence-corrected chi connectivity index (χ0v) is 17.4. The van der Waals surface area contributed by atoms with E-state index >= 15 is 0 Å². The fourth-order valence-electron chi connectivity index (χ4n) is 2.81. The lowest BCUT2D eigenvalue weighted by Gasteiger charge is -2.29. The van der Waals surface area contributed by atoms with Gasteiger partial charge in [0.2, 0.25) is 15.9 Å². The molecule has 1 N–H and O–H groups in total. The summed E-state index contributed by atoms with van der Waals surface area (Å²) in [5, 5.41) is 3.30. The number of amides is 1. The maximum atomic E-state index is 12.7. The van der Waals surface area contributed by atoms with Crippen LogP contribution in [0, 0.1) is 0 Å². The number of rotatable bonds is 5. The molecule has 1 amide bonds. The summed E-state index contributed by atoms with van der Waals surface area (Å²) in [6, 6.07) is 8.26. The predicted molar refractivity (Wildman–Crippen MR) is 109 cm³/mol. The Kier molecular flexibility index (Phi) is 5.92. The highest BCUT2D eigenvalue weighted by molar-refractivity contribution is 7.92. The maximum absolute atomic E-state index is 12.7. The topological polar surface area (TPSA) is 84.9 Å². The molecule has 2 aromatic rings. The summed E-state index contributed by atoms with van der Waals surface area (Å²) in [5.41, 5.74) is 0.621. The van der Waals surface area contributed by atoms with Gasteiger partial charge in [-0.1, -0.05) is 23.2 Å². The summed E-state index contributed by atoms with van der Waals surface area (Å²) in [4.78, 5) is 12.7. The van der Waals surface area contributed by atoms with Gasteiger partial charge in [-0.3, -0.25) is 9.10 Å². The number of hydrogen-bond acceptors (Lipinski definition) is 5. The SMILES string of the molecule is C[C@H](C(=O)Nc1ccc(Cl)cc1Cl)N(c1ccc2c(c1)OCCO2)S(C)(=O)=O. The van der Waals surface area contributed by atoms with E-state index in [1.54, 1.807) is 24.3 Å². The van der Waals surface area contributed by atoms with Crippen molar-refractivity contribution in [2.24, 2.45) is 0 Å². The lowest BCUT2D eigenvalue weighted by Crippen LogP contribution is -2.45. The minimum absolute atomic E-state index is 0.248. The molecule has 0 aliphatic carbocycles. The molecule has 0 aromatic heterocycles. The van der Waals surface area contributed by atoms with Gasteiger partial charge in [0.15, 0.2) is 11.5 Å². The Bertz CT molecular complexity index is 1010. The van der Waals surface area contributed by atoms with E-state index in [9.17, 15) is 13.2 Å². The molecule has 0 saturated heterocycles. The minimum atomic E-state index is -3.78. The lowest BCUT2D eigenvalue weighted by molar-refractivity contribution is -0.116. The molecule has 0 fully saturated rings. The number of carbonyl (C=O) groups excluding carboxylic acids is 1. The maximum Gasteiger partial charge on any atom is 0.248 e. The molecule has 1 aliphatic heterocycles. The van der Waals surface area contributed by atoms with E-state index in [-0.39, 0.29) is 10.7 Å². The number of sulfonamides is 1. The van der Waals surface area contributed by atoms with Gasteiger partial charge >= 0.3 is 0 Å². The molecule has 28 heavy (non-hydrogen) atoms. The quantitative estimate of drug-likeness (QED) is 0.761. The molecule has 1 heterocycles. The summed E-state index contributed by atoms with van der Waals surface area (Å²) in [6.07, 6.45) is 1.03. The van der Waals surface area contributed by atoms with Crippen LogP contribution in [0.4, 0.5) is 11.4 Å². The molecule has 1 aliphatic rings. The highest BCUT2D eigenvalue weighted by atomic mass is 35.5. The predicted octanol–water partition coefficient (Wildman–Crippen LogP) is 3.56.